The summed E-state index contributed by atoms with van der Waals surface area (Å²) >= 11 is 0. The molecule has 1 aromatic heterocycles. The third-order valence-electron chi connectivity index (χ3n) is 3.52. The van der Waals surface area contributed by atoms with E-state index in [2.05, 4.69) is 4.98 Å². The minimum atomic E-state index is -0.369. The first-order chi connectivity index (χ1) is 9.20. The average molecular weight is 258 g/mol. The van der Waals surface area contributed by atoms with Crippen LogP contribution in [-0.4, -0.2) is 30.5 Å². The molecule has 1 atom stereocenters. The van der Waals surface area contributed by atoms with Crippen molar-refractivity contribution in [2.45, 2.75) is 6.42 Å². The molecule has 2 aromatic rings. The standard InChI is InChI=1S/C14H14N2O3/c1-19-14(18)9-7-13(17)16(8-9)12-4-2-3-11-10(12)5-6-15-11/h2-6,9,15H,7-8H2,1H3. The van der Waals surface area contributed by atoms with Crippen LogP contribution >= 0.6 is 0 Å². The van der Waals surface area contributed by atoms with Gasteiger partial charge in [-0.05, 0) is 18.2 Å². The number of anilines is 1. The third-order valence-corrected chi connectivity index (χ3v) is 3.52. The number of ether oxygens (including phenoxy) is 1. The van der Waals surface area contributed by atoms with Gasteiger partial charge >= 0.3 is 5.97 Å². The molecule has 1 unspecified atom stereocenters. The topological polar surface area (TPSA) is 62.4 Å². The first-order valence-corrected chi connectivity index (χ1v) is 6.15. The van der Waals surface area contributed by atoms with Crippen LogP contribution in [0, 0.1) is 5.92 Å². The van der Waals surface area contributed by atoms with E-state index >= 15 is 0 Å². The van der Waals surface area contributed by atoms with Gasteiger partial charge < -0.3 is 14.6 Å². The summed E-state index contributed by atoms with van der Waals surface area (Å²) in [7, 11) is 1.35. The Bertz CT molecular complexity index is 647. The van der Waals surface area contributed by atoms with Crippen molar-refractivity contribution in [1.82, 2.24) is 4.98 Å². The fourth-order valence-electron chi connectivity index (χ4n) is 2.57. The highest BCUT2D eigenvalue weighted by Gasteiger charge is 2.36. The molecule has 1 fully saturated rings. The predicted octanol–water partition coefficient (Wildman–Crippen LogP) is 1.69. The minimum absolute atomic E-state index is 0.0379. The van der Waals surface area contributed by atoms with Gasteiger partial charge in [-0.3, -0.25) is 9.59 Å². The zero-order chi connectivity index (χ0) is 13.4. The SMILES string of the molecule is COC(=O)C1CC(=O)N(c2cccc3[nH]ccc23)C1. The smallest absolute Gasteiger partial charge is 0.311 e. The number of H-pyrrole nitrogens is 1. The highest BCUT2D eigenvalue weighted by atomic mass is 16.5. The Hall–Kier alpha value is -2.30. The summed E-state index contributed by atoms with van der Waals surface area (Å²) < 4.78 is 4.72. The number of carbonyl (C=O) groups excluding carboxylic acids is 2. The number of aromatic amines is 1. The number of nitrogens with zero attached hydrogens (tertiary/aromatic N) is 1. The number of methoxy groups -OCH3 is 1. The highest BCUT2D eigenvalue weighted by Crippen LogP contribution is 2.31. The van der Waals surface area contributed by atoms with Crippen LogP contribution in [0.15, 0.2) is 30.5 Å². The molecule has 5 nitrogen and oxygen atoms in total. The van der Waals surface area contributed by atoms with Crippen LogP contribution < -0.4 is 4.90 Å². The molecule has 98 valence electrons. The van der Waals surface area contributed by atoms with E-state index in [0.717, 1.165) is 16.6 Å². The number of rotatable bonds is 2. The Balaban J connectivity index is 1.96. The van der Waals surface area contributed by atoms with Gasteiger partial charge in [-0.2, -0.15) is 0 Å². The number of hydrogen-bond acceptors (Lipinski definition) is 3. The number of amides is 1. The molecular formula is C14H14N2O3. The maximum Gasteiger partial charge on any atom is 0.311 e. The Morgan fingerprint density at radius 3 is 3.05 bits per heavy atom. The van der Waals surface area contributed by atoms with Gasteiger partial charge in [0.25, 0.3) is 0 Å². The number of nitrogens with one attached hydrogen (secondary N) is 1. The second kappa shape index (κ2) is 4.42. The molecule has 0 radical (unpaired) electrons. The fourth-order valence-corrected chi connectivity index (χ4v) is 2.57. The summed E-state index contributed by atoms with van der Waals surface area (Å²) in [5.74, 6) is -0.729. The van der Waals surface area contributed by atoms with E-state index in [1.54, 1.807) is 4.90 Å². The van der Waals surface area contributed by atoms with E-state index < -0.39 is 0 Å². The molecule has 0 spiro atoms. The van der Waals surface area contributed by atoms with Crippen molar-refractivity contribution in [3.63, 3.8) is 0 Å². The van der Waals surface area contributed by atoms with E-state index in [-0.39, 0.29) is 24.2 Å². The number of benzene rings is 1. The maximum absolute atomic E-state index is 12.1. The van der Waals surface area contributed by atoms with E-state index in [9.17, 15) is 9.59 Å². The van der Waals surface area contributed by atoms with Gasteiger partial charge in [-0.25, -0.2) is 0 Å². The Labute approximate surface area is 110 Å². The maximum atomic E-state index is 12.1. The lowest BCUT2D eigenvalue weighted by Gasteiger charge is -2.17. The molecule has 3 rings (SSSR count). The van der Waals surface area contributed by atoms with Crippen molar-refractivity contribution in [1.29, 1.82) is 0 Å². The van der Waals surface area contributed by atoms with E-state index in [1.165, 1.54) is 7.11 Å². The predicted molar refractivity (Wildman–Crippen MR) is 70.8 cm³/mol. The molecule has 1 aliphatic rings. The molecule has 0 bridgehead atoms. The van der Waals surface area contributed by atoms with Gasteiger partial charge in [0.05, 0.1) is 18.7 Å². The lowest BCUT2D eigenvalue weighted by atomic mass is 10.1. The first-order valence-electron chi connectivity index (χ1n) is 6.15. The lowest BCUT2D eigenvalue weighted by molar-refractivity contribution is -0.145. The van der Waals surface area contributed by atoms with Crippen LogP contribution in [0.2, 0.25) is 0 Å². The summed E-state index contributed by atoms with van der Waals surface area (Å²) in [4.78, 5) is 28.4. The number of aromatic nitrogens is 1. The van der Waals surface area contributed by atoms with Crippen LogP contribution in [0.4, 0.5) is 5.69 Å². The molecule has 1 N–H and O–H groups in total. The molecule has 1 aliphatic heterocycles. The minimum Gasteiger partial charge on any atom is -0.469 e. The number of carbonyl (C=O) groups is 2. The average Bonchev–Trinajstić information content (AvgIpc) is 3.03. The van der Waals surface area contributed by atoms with Crippen LogP contribution in [0.3, 0.4) is 0 Å². The second-order valence-corrected chi connectivity index (χ2v) is 4.64. The molecule has 0 saturated carbocycles. The van der Waals surface area contributed by atoms with Gasteiger partial charge in [0, 0.05) is 30.1 Å². The number of esters is 1. The third kappa shape index (κ3) is 1.87. The highest BCUT2D eigenvalue weighted by molar-refractivity contribution is 6.06. The van der Waals surface area contributed by atoms with Crippen molar-refractivity contribution < 1.29 is 14.3 Å². The van der Waals surface area contributed by atoms with Crippen molar-refractivity contribution in [2.75, 3.05) is 18.6 Å². The van der Waals surface area contributed by atoms with Crippen LogP contribution in [0.5, 0.6) is 0 Å². The molecule has 0 aliphatic carbocycles. The van der Waals surface area contributed by atoms with Gasteiger partial charge in [-0.15, -0.1) is 0 Å². The monoisotopic (exact) mass is 258 g/mol. The van der Waals surface area contributed by atoms with Gasteiger partial charge in [0.2, 0.25) is 5.91 Å². The van der Waals surface area contributed by atoms with E-state index in [0.29, 0.717) is 6.54 Å². The van der Waals surface area contributed by atoms with Gasteiger partial charge in [0.15, 0.2) is 0 Å². The molecule has 2 heterocycles. The van der Waals surface area contributed by atoms with Crippen molar-refractivity contribution in [3.8, 4) is 0 Å². The lowest BCUT2D eigenvalue weighted by Crippen LogP contribution is -2.26. The van der Waals surface area contributed by atoms with E-state index in [4.69, 9.17) is 4.74 Å². The molecule has 19 heavy (non-hydrogen) atoms. The summed E-state index contributed by atoms with van der Waals surface area (Å²) in [6, 6.07) is 7.68. The second-order valence-electron chi connectivity index (χ2n) is 4.64. The molecule has 1 saturated heterocycles. The quantitative estimate of drug-likeness (QED) is 0.834. The molecule has 5 heteroatoms. The largest absolute Gasteiger partial charge is 0.469 e. The van der Waals surface area contributed by atoms with Gasteiger partial charge in [-0.1, -0.05) is 6.07 Å². The summed E-state index contributed by atoms with van der Waals surface area (Å²) in [5, 5.41) is 0.987. The zero-order valence-corrected chi connectivity index (χ0v) is 10.6. The van der Waals surface area contributed by atoms with Crippen LogP contribution in [-0.2, 0) is 14.3 Å². The Kier molecular flexibility index (Phi) is 2.74. The Morgan fingerprint density at radius 2 is 2.26 bits per heavy atom. The molecule has 1 aromatic carbocycles. The number of fused-ring (bicyclic) bond motifs is 1. The normalized spacial score (nSPS) is 19.1. The first kappa shape index (κ1) is 11.8. The van der Waals surface area contributed by atoms with Crippen molar-refractivity contribution in [3.05, 3.63) is 30.5 Å². The molecular weight excluding hydrogens is 244 g/mol. The van der Waals surface area contributed by atoms with Crippen molar-refractivity contribution in [2.24, 2.45) is 5.92 Å². The summed E-state index contributed by atoms with van der Waals surface area (Å²) in [6.45, 7) is 0.385. The summed E-state index contributed by atoms with van der Waals surface area (Å²) in [6.07, 6.45) is 2.06. The summed E-state index contributed by atoms with van der Waals surface area (Å²) in [5.41, 5.74) is 1.82. The van der Waals surface area contributed by atoms with E-state index in [1.807, 2.05) is 30.5 Å². The zero-order valence-electron chi connectivity index (χ0n) is 10.6. The molecule has 1 amide bonds. The van der Waals surface area contributed by atoms with Crippen molar-refractivity contribution >= 4 is 28.5 Å². The number of hydrogen-bond donors (Lipinski definition) is 1. The fraction of sp³-hybridized carbons (Fsp3) is 0.286. The van der Waals surface area contributed by atoms with Crippen LogP contribution in [0.25, 0.3) is 10.9 Å². The Morgan fingerprint density at radius 1 is 1.42 bits per heavy atom. The van der Waals surface area contributed by atoms with Gasteiger partial charge in [0.1, 0.15) is 0 Å². The van der Waals surface area contributed by atoms with Crippen LogP contribution in [0.1, 0.15) is 6.42 Å².